The molecule has 1 N–H and O–H groups in total. The van der Waals surface area contributed by atoms with Crippen molar-refractivity contribution < 1.29 is 4.39 Å². The Labute approximate surface area is 154 Å². The summed E-state index contributed by atoms with van der Waals surface area (Å²) < 4.78 is 16.3. The number of halogens is 1. The Morgan fingerprint density at radius 2 is 1.74 bits per heavy atom. The van der Waals surface area contributed by atoms with E-state index >= 15 is 0 Å². The number of pyridine rings is 1. The average molecular weight is 363 g/mol. The zero-order valence-electron chi connectivity index (χ0n) is 15.0. The van der Waals surface area contributed by atoms with Crippen LogP contribution in [0.25, 0.3) is 22.3 Å². The molecule has 0 fully saturated rings. The quantitative estimate of drug-likeness (QED) is 0.606. The first-order valence-corrected chi connectivity index (χ1v) is 8.72. The Bertz CT molecular complexity index is 1260. The smallest absolute Gasteiger partial charge is 0.280 e. The minimum atomic E-state index is -0.439. The summed E-state index contributed by atoms with van der Waals surface area (Å²) in [5.41, 5.74) is 2.65. The van der Waals surface area contributed by atoms with Gasteiger partial charge in [0.15, 0.2) is 0 Å². The van der Waals surface area contributed by atoms with Crippen molar-refractivity contribution in [1.82, 2.24) is 14.3 Å². The lowest BCUT2D eigenvalue weighted by molar-refractivity contribution is 0.625. The van der Waals surface area contributed by atoms with E-state index in [9.17, 15) is 14.0 Å². The topological polar surface area (TPSA) is 59.8 Å². The molecule has 27 heavy (non-hydrogen) atoms. The zero-order valence-corrected chi connectivity index (χ0v) is 15.0. The van der Waals surface area contributed by atoms with Gasteiger partial charge in [-0.05, 0) is 49.2 Å². The summed E-state index contributed by atoms with van der Waals surface area (Å²) in [5, 5.41) is 3.31. The van der Waals surface area contributed by atoms with Crippen molar-refractivity contribution in [3.63, 3.8) is 0 Å². The van der Waals surface area contributed by atoms with E-state index in [2.05, 4.69) is 12.0 Å². The molecular formula is C21H18FN3O2. The van der Waals surface area contributed by atoms with Crippen molar-refractivity contribution in [1.29, 1.82) is 0 Å². The van der Waals surface area contributed by atoms with Crippen molar-refractivity contribution in [2.75, 3.05) is 0 Å². The molecular weight excluding hydrogens is 345 g/mol. The van der Waals surface area contributed by atoms with Crippen LogP contribution in [0.3, 0.4) is 0 Å². The maximum atomic E-state index is 13.5. The molecule has 0 amide bonds. The van der Waals surface area contributed by atoms with Gasteiger partial charge in [-0.3, -0.25) is 19.3 Å². The van der Waals surface area contributed by atoms with Crippen LogP contribution >= 0.6 is 0 Å². The summed E-state index contributed by atoms with van der Waals surface area (Å²) in [4.78, 5) is 25.6. The summed E-state index contributed by atoms with van der Waals surface area (Å²) in [7, 11) is 0. The third-order valence-corrected chi connectivity index (χ3v) is 4.77. The van der Waals surface area contributed by atoms with Crippen LogP contribution in [-0.4, -0.2) is 14.3 Å². The summed E-state index contributed by atoms with van der Waals surface area (Å²) >= 11 is 0. The first kappa shape index (κ1) is 17.0. The highest BCUT2D eigenvalue weighted by molar-refractivity contribution is 5.81. The molecule has 5 nitrogen and oxygen atoms in total. The molecule has 2 aromatic carbocycles. The lowest BCUT2D eigenvalue weighted by atomic mass is 10.1. The van der Waals surface area contributed by atoms with Gasteiger partial charge < -0.3 is 0 Å². The summed E-state index contributed by atoms with van der Waals surface area (Å²) in [6.07, 6.45) is 0.906. The van der Waals surface area contributed by atoms with Crippen LogP contribution in [0.15, 0.2) is 64.2 Å². The highest BCUT2D eigenvalue weighted by atomic mass is 19.1. The fourth-order valence-corrected chi connectivity index (χ4v) is 3.37. The van der Waals surface area contributed by atoms with Gasteiger partial charge in [0, 0.05) is 17.4 Å². The first-order chi connectivity index (χ1) is 13.0. The summed E-state index contributed by atoms with van der Waals surface area (Å²) in [6, 6.07) is 14.8. The lowest BCUT2D eigenvalue weighted by Gasteiger charge is -2.10. The minimum Gasteiger partial charge on any atom is -0.290 e. The Hall–Kier alpha value is -3.41. The molecule has 0 radical (unpaired) electrons. The maximum Gasteiger partial charge on any atom is 0.280 e. The van der Waals surface area contributed by atoms with Gasteiger partial charge in [0.2, 0.25) is 0 Å². The molecule has 0 aliphatic rings. The fourth-order valence-electron chi connectivity index (χ4n) is 3.37. The van der Waals surface area contributed by atoms with Crippen LogP contribution in [0.2, 0.25) is 0 Å². The Balaban J connectivity index is 1.97. The van der Waals surface area contributed by atoms with Crippen LogP contribution in [0.5, 0.6) is 0 Å². The average Bonchev–Trinajstić information content (AvgIpc) is 2.98. The van der Waals surface area contributed by atoms with Crippen LogP contribution in [0, 0.1) is 12.7 Å². The van der Waals surface area contributed by atoms with Crippen molar-refractivity contribution in [3.05, 3.63) is 92.4 Å². The molecule has 4 aromatic rings. The predicted molar refractivity (Wildman–Crippen MR) is 104 cm³/mol. The molecule has 0 saturated heterocycles. The molecule has 2 aromatic heterocycles. The zero-order chi connectivity index (χ0) is 19.1. The maximum absolute atomic E-state index is 13.5. The molecule has 0 aliphatic carbocycles. The number of benzene rings is 2. The molecule has 0 aliphatic heterocycles. The Morgan fingerprint density at radius 3 is 2.41 bits per heavy atom. The second-order valence-electron chi connectivity index (χ2n) is 6.44. The molecule has 0 bridgehead atoms. The van der Waals surface area contributed by atoms with Crippen molar-refractivity contribution in [2.45, 2.75) is 20.3 Å². The molecule has 0 unspecified atom stereocenters. The highest BCUT2D eigenvalue weighted by Gasteiger charge is 2.16. The third kappa shape index (κ3) is 2.79. The number of aromatic nitrogens is 3. The molecule has 2 heterocycles. The second-order valence-corrected chi connectivity index (χ2v) is 6.44. The van der Waals surface area contributed by atoms with E-state index < -0.39 is 5.82 Å². The fraction of sp³-hybridized carbons (Fsp3) is 0.143. The predicted octanol–water partition coefficient (Wildman–Crippen LogP) is 3.48. The number of aryl methyl sites for hydroxylation is 2. The van der Waals surface area contributed by atoms with Gasteiger partial charge in [-0.2, -0.15) is 0 Å². The Morgan fingerprint density at radius 1 is 1.00 bits per heavy atom. The number of rotatable bonds is 3. The normalized spacial score (nSPS) is 11.2. The number of nitrogens with one attached hydrogen (secondary N) is 1. The SMILES string of the molecule is CCc1ccc(-n2c(C)c3c(=O)n(-c4cccc(F)c4)[nH]c3cc2=O)cc1. The number of hydrogen-bond donors (Lipinski definition) is 1. The molecule has 0 saturated carbocycles. The molecule has 6 heteroatoms. The number of aromatic amines is 1. The van der Waals surface area contributed by atoms with Gasteiger partial charge in [0.05, 0.1) is 16.6 Å². The third-order valence-electron chi connectivity index (χ3n) is 4.77. The van der Waals surface area contributed by atoms with Gasteiger partial charge in [0.25, 0.3) is 11.1 Å². The van der Waals surface area contributed by atoms with Gasteiger partial charge in [0.1, 0.15) is 5.82 Å². The Kier molecular flexibility index (Phi) is 4.03. The van der Waals surface area contributed by atoms with Crippen molar-refractivity contribution >= 4 is 10.9 Å². The number of nitrogens with zero attached hydrogens (tertiary/aromatic N) is 2. The van der Waals surface area contributed by atoms with Crippen LogP contribution < -0.4 is 11.1 Å². The first-order valence-electron chi connectivity index (χ1n) is 8.72. The summed E-state index contributed by atoms with van der Waals surface area (Å²) in [6.45, 7) is 3.80. The van der Waals surface area contributed by atoms with E-state index in [0.29, 0.717) is 28.0 Å². The summed E-state index contributed by atoms with van der Waals surface area (Å²) in [5.74, 6) is -0.439. The van der Waals surface area contributed by atoms with Gasteiger partial charge >= 0.3 is 0 Å². The van der Waals surface area contributed by atoms with E-state index in [1.165, 1.54) is 39.1 Å². The lowest BCUT2D eigenvalue weighted by Crippen LogP contribution is -2.21. The second kappa shape index (κ2) is 6.39. The number of hydrogen-bond acceptors (Lipinski definition) is 2. The van der Waals surface area contributed by atoms with E-state index in [4.69, 9.17) is 0 Å². The molecule has 0 atom stereocenters. The van der Waals surface area contributed by atoms with Crippen molar-refractivity contribution in [3.8, 4) is 11.4 Å². The van der Waals surface area contributed by atoms with Crippen LogP contribution in [0.1, 0.15) is 18.2 Å². The molecule has 0 spiro atoms. The van der Waals surface area contributed by atoms with Crippen LogP contribution in [-0.2, 0) is 6.42 Å². The monoisotopic (exact) mass is 363 g/mol. The van der Waals surface area contributed by atoms with E-state index in [1.807, 2.05) is 24.3 Å². The standard InChI is InChI=1S/C21H18FN3O2/c1-3-14-7-9-16(10-8-14)24-13(2)20-18(12-19(24)26)23-25(21(20)27)17-6-4-5-15(22)11-17/h4-12,23H,3H2,1-2H3. The van der Waals surface area contributed by atoms with E-state index in [0.717, 1.165) is 6.42 Å². The van der Waals surface area contributed by atoms with Gasteiger partial charge in [-0.15, -0.1) is 0 Å². The minimum absolute atomic E-state index is 0.239. The van der Waals surface area contributed by atoms with Gasteiger partial charge in [-0.1, -0.05) is 25.1 Å². The van der Waals surface area contributed by atoms with Crippen LogP contribution in [0.4, 0.5) is 4.39 Å². The highest BCUT2D eigenvalue weighted by Crippen LogP contribution is 2.17. The van der Waals surface area contributed by atoms with E-state index in [-0.39, 0.29) is 11.1 Å². The van der Waals surface area contributed by atoms with E-state index in [1.54, 1.807) is 13.0 Å². The largest absolute Gasteiger partial charge is 0.290 e. The molecule has 4 rings (SSSR count). The van der Waals surface area contributed by atoms with Gasteiger partial charge in [-0.25, -0.2) is 9.07 Å². The van der Waals surface area contributed by atoms with Crippen molar-refractivity contribution in [2.24, 2.45) is 0 Å². The molecule has 136 valence electrons. The number of fused-ring (bicyclic) bond motifs is 1. The number of H-pyrrole nitrogens is 1.